The number of hydrogen-bond donors (Lipinski definition) is 2. The van der Waals surface area contributed by atoms with Crippen LogP contribution in [0.5, 0.6) is 11.5 Å². The average molecular weight is 233 g/mol. The van der Waals surface area contributed by atoms with Crippen molar-refractivity contribution in [3.8, 4) is 23.8 Å². The lowest BCUT2D eigenvalue weighted by Crippen LogP contribution is -2.33. The van der Waals surface area contributed by atoms with E-state index >= 15 is 0 Å². The van der Waals surface area contributed by atoms with Crippen molar-refractivity contribution >= 4 is 5.91 Å². The van der Waals surface area contributed by atoms with Crippen LogP contribution in [0.25, 0.3) is 0 Å². The van der Waals surface area contributed by atoms with Crippen molar-refractivity contribution in [2.45, 2.75) is 19.4 Å². The Bertz CT molecular complexity index is 448. The molecule has 1 aromatic carbocycles. The van der Waals surface area contributed by atoms with Gasteiger partial charge in [-0.3, -0.25) is 4.79 Å². The van der Waals surface area contributed by atoms with E-state index in [1.54, 1.807) is 6.07 Å². The van der Waals surface area contributed by atoms with E-state index in [1.165, 1.54) is 19.2 Å². The molecule has 1 amide bonds. The van der Waals surface area contributed by atoms with E-state index in [0.717, 1.165) is 0 Å². The van der Waals surface area contributed by atoms with Gasteiger partial charge in [-0.1, -0.05) is 12.8 Å². The summed E-state index contributed by atoms with van der Waals surface area (Å²) >= 11 is 0. The Kier molecular flexibility index (Phi) is 4.41. The van der Waals surface area contributed by atoms with Crippen molar-refractivity contribution in [3.05, 3.63) is 23.8 Å². The summed E-state index contributed by atoms with van der Waals surface area (Å²) < 4.78 is 4.99. The molecule has 0 bridgehead atoms. The zero-order chi connectivity index (χ0) is 12.8. The molecule has 0 spiro atoms. The molecule has 1 atom stereocenters. The average Bonchev–Trinajstić information content (AvgIpc) is 2.36. The lowest BCUT2D eigenvalue weighted by molar-refractivity contribution is 0.0942. The highest BCUT2D eigenvalue weighted by Crippen LogP contribution is 2.22. The number of amides is 1. The Morgan fingerprint density at radius 1 is 1.65 bits per heavy atom. The number of phenolic OH excluding ortho intramolecular Hbond substituents is 1. The fraction of sp³-hybridized carbons (Fsp3) is 0.308. The van der Waals surface area contributed by atoms with Gasteiger partial charge in [0, 0.05) is 0 Å². The molecular formula is C13H15NO3. The molecule has 0 fully saturated rings. The third-order valence-corrected chi connectivity index (χ3v) is 2.36. The molecule has 0 heterocycles. The highest BCUT2D eigenvalue weighted by Gasteiger charge is 2.14. The minimum Gasteiger partial charge on any atom is -0.507 e. The Morgan fingerprint density at radius 2 is 2.35 bits per heavy atom. The standard InChI is InChI=1S/C13H15NO3/c1-4-9(5-2)14-13(16)11-8-10(17-3)6-7-12(11)15/h1,6-9,15H,5H2,2-3H3,(H,14,16). The van der Waals surface area contributed by atoms with Gasteiger partial charge in [0.1, 0.15) is 11.5 Å². The first-order valence-corrected chi connectivity index (χ1v) is 5.26. The van der Waals surface area contributed by atoms with Gasteiger partial charge < -0.3 is 15.2 Å². The second-order valence-electron chi connectivity index (χ2n) is 3.48. The summed E-state index contributed by atoms with van der Waals surface area (Å²) in [6.45, 7) is 1.87. The van der Waals surface area contributed by atoms with Crippen LogP contribution in [-0.4, -0.2) is 24.2 Å². The molecule has 2 N–H and O–H groups in total. The number of aromatic hydroxyl groups is 1. The zero-order valence-electron chi connectivity index (χ0n) is 9.86. The third-order valence-electron chi connectivity index (χ3n) is 2.36. The van der Waals surface area contributed by atoms with Gasteiger partial charge in [0.2, 0.25) is 0 Å². The fourth-order valence-corrected chi connectivity index (χ4v) is 1.32. The molecule has 0 aliphatic carbocycles. The second-order valence-corrected chi connectivity index (χ2v) is 3.48. The van der Waals surface area contributed by atoms with E-state index in [-0.39, 0.29) is 17.4 Å². The largest absolute Gasteiger partial charge is 0.507 e. The van der Waals surface area contributed by atoms with Crippen LogP contribution in [0.1, 0.15) is 23.7 Å². The molecule has 0 saturated carbocycles. The molecule has 0 aliphatic rings. The topological polar surface area (TPSA) is 58.6 Å². The van der Waals surface area contributed by atoms with E-state index in [4.69, 9.17) is 11.2 Å². The van der Waals surface area contributed by atoms with Crippen molar-refractivity contribution in [2.75, 3.05) is 7.11 Å². The molecule has 17 heavy (non-hydrogen) atoms. The molecule has 90 valence electrons. The monoisotopic (exact) mass is 233 g/mol. The van der Waals surface area contributed by atoms with Crippen molar-refractivity contribution in [1.29, 1.82) is 0 Å². The smallest absolute Gasteiger partial charge is 0.256 e. The summed E-state index contributed by atoms with van der Waals surface area (Å²) in [7, 11) is 1.49. The first-order valence-electron chi connectivity index (χ1n) is 5.26. The van der Waals surface area contributed by atoms with Crippen LogP contribution in [-0.2, 0) is 0 Å². The number of hydrogen-bond acceptors (Lipinski definition) is 3. The van der Waals surface area contributed by atoms with Crippen LogP contribution in [0.15, 0.2) is 18.2 Å². The van der Waals surface area contributed by atoms with Crippen LogP contribution in [0.2, 0.25) is 0 Å². The third kappa shape index (κ3) is 3.15. The lowest BCUT2D eigenvalue weighted by atomic mass is 10.1. The predicted octanol–water partition coefficient (Wildman–Crippen LogP) is 1.54. The van der Waals surface area contributed by atoms with Crippen LogP contribution < -0.4 is 10.1 Å². The summed E-state index contributed by atoms with van der Waals surface area (Å²) in [4.78, 5) is 11.8. The Morgan fingerprint density at radius 3 is 2.88 bits per heavy atom. The van der Waals surface area contributed by atoms with Crippen LogP contribution in [0.4, 0.5) is 0 Å². The van der Waals surface area contributed by atoms with Gasteiger partial charge in [0.05, 0.1) is 18.7 Å². The van der Waals surface area contributed by atoms with E-state index in [9.17, 15) is 9.90 Å². The molecule has 0 aromatic heterocycles. The maximum absolute atomic E-state index is 11.8. The van der Waals surface area contributed by atoms with Gasteiger partial charge in [-0.15, -0.1) is 6.42 Å². The Balaban J connectivity index is 2.92. The summed E-state index contributed by atoms with van der Waals surface area (Å²) in [5.74, 6) is 2.44. The number of phenols is 1. The van der Waals surface area contributed by atoms with Crippen LogP contribution in [0.3, 0.4) is 0 Å². The van der Waals surface area contributed by atoms with Crippen molar-refractivity contribution < 1.29 is 14.6 Å². The molecule has 1 rings (SSSR count). The quantitative estimate of drug-likeness (QED) is 0.775. The fourth-order valence-electron chi connectivity index (χ4n) is 1.32. The van der Waals surface area contributed by atoms with E-state index in [0.29, 0.717) is 12.2 Å². The van der Waals surface area contributed by atoms with Crippen molar-refractivity contribution in [1.82, 2.24) is 5.32 Å². The van der Waals surface area contributed by atoms with Crippen LogP contribution in [0, 0.1) is 12.3 Å². The molecular weight excluding hydrogens is 218 g/mol. The number of carbonyl (C=O) groups excluding carboxylic acids is 1. The van der Waals surface area contributed by atoms with Gasteiger partial charge in [-0.25, -0.2) is 0 Å². The summed E-state index contributed by atoms with van der Waals surface area (Å²) in [5.41, 5.74) is 0.151. The number of nitrogens with one attached hydrogen (secondary N) is 1. The number of ether oxygens (including phenoxy) is 1. The van der Waals surface area contributed by atoms with E-state index in [1.807, 2.05) is 6.92 Å². The molecule has 0 aliphatic heterocycles. The first-order chi connectivity index (χ1) is 8.12. The number of carbonyl (C=O) groups is 1. The lowest BCUT2D eigenvalue weighted by Gasteiger charge is -2.12. The van der Waals surface area contributed by atoms with Crippen LogP contribution >= 0.6 is 0 Å². The summed E-state index contributed by atoms with van der Waals surface area (Å²) in [6, 6.07) is 4.11. The van der Waals surface area contributed by atoms with Gasteiger partial charge in [0.15, 0.2) is 0 Å². The number of rotatable bonds is 4. The van der Waals surface area contributed by atoms with Gasteiger partial charge in [0.25, 0.3) is 5.91 Å². The first kappa shape index (κ1) is 12.9. The number of benzene rings is 1. The molecule has 0 saturated heterocycles. The molecule has 1 aromatic rings. The number of terminal acetylenes is 1. The van der Waals surface area contributed by atoms with Crippen molar-refractivity contribution in [3.63, 3.8) is 0 Å². The summed E-state index contributed by atoms with van der Waals surface area (Å²) in [6.07, 6.45) is 5.88. The highest BCUT2D eigenvalue weighted by atomic mass is 16.5. The molecule has 1 unspecified atom stereocenters. The van der Waals surface area contributed by atoms with Gasteiger partial charge in [-0.2, -0.15) is 0 Å². The molecule has 4 nitrogen and oxygen atoms in total. The maximum Gasteiger partial charge on any atom is 0.256 e. The van der Waals surface area contributed by atoms with Crippen molar-refractivity contribution in [2.24, 2.45) is 0 Å². The SMILES string of the molecule is C#CC(CC)NC(=O)c1cc(OC)ccc1O. The van der Waals surface area contributed by atoms with Gasteiger partial charge in [-0.05, 0) is 24.6 Å². The predicted molar refractivity (Wildman–Crippen MR) is 65.0 cm³/mol. The highest BCUT2D eigenvalue weighted by molar-refractivity contribution is 5.97. The molecule has 4 heteroatoms. The Labute approximate surface area is 101 Å². The second kappa shape index (κ2) is 5.80. The Hall–Kier alpha value is -2.15. The minimum atomic E-state index is -0.411. The summed E-state index contributed by atoms with van der Waals surface area (Å²) in [5, 5.41) is 12.2. The minimum absolute atomic E-state index is 0.102. The zero-order valence-corrected chi connectivity index (χ0v) is 9.86. The number of methoxy groups -OCH3 is 1. The van der Waals surface area contributed by atoms with E-state index in [2.05, 4.69) is 11.2 Å². The molecule has 0 radical (unpaired) electrons. The maximum atomic E-state index is 11.8. The van der Waals surface area contributed by atoms with E-state index < -0.39 is 5.91 Å². The van der Waals surface area contributed by atoms with Gasteiger partial charge >= 0.3 is 0 Å². The normalized spacial score (nSPS) is 11.4.